The number of hydrogen-bond acceptors (Lipinski definition) is 3. The average molecular weight is 280 g/mol. The molecule has 0 aromatic heterocycles. The molecule has 0 aliphatic carbocycles. The minimum atomic E-state index is -0.951. The van der Waals surface area contributed by atoms with Crippen molar-refractivity contribution in [3.8, 4) is 0 Å². The third kappa shape index (κ3) is 3.16. The molecule has 110 valence electrons. The molecule has 1 fully saturated rings. The molecule has 1 amide bonds. The maximum absolute atomic E-state index is 13.0. The number of carbonyl (C=O) groups excluding carboxylic acids is 1. The largest absolute Gasteiger partial charge is 0.379 e. The van der Waals surface area contributed by atoms with E-state index in [0.717, 1.165) is 5.56 Å². The van der Waals surface area contributed by atoms with Crippen molar-refractivity contribution in [3.63, 3.8) is 0 Å². The van der Waals surface area contributed by atoms with E-state index >= 15 is 0 Å². The lowest BCUT2D eigenvalue weighted by atomic mass is 9.93. The van der Waals surface area contributed by atoms with Gasteiger partial charge in [0, 0.05) is 6.61 Å². The molecule has 1 aliphatic rings. The van der Waals surface area contributed by atoms with Gasteiger partial charge in [0.25, 0.3) is 0 Å². The number of nitrogens with one attached hydrogen (secondary N) is 1. The summed E-state index contributed by atoms with van der Waals surface area (Å²) in [5.41, 5.74) is 5.98. The highest BCUT2D eigenvalue weighted by Gasteiger charge is 2.39. The third-order valence-corrected chi connectivity index (χ3v) is 3.69. The fraction of sp³-hybridized carbons (Fsp3) is 0.533. The Bertz CT molecular complexity index is 467. The number of amides is 1. The minimum absolute atomic E-state index is 0.176. The Hall–Kier alpha value is -1.46. The molecule has 0 saturated carbocycles. The van der Waals surface area contributed by atoms with E-state index in [-0.39, 0.29) is 30.3 Å². The Morgan fingerprint density at radius 1 is 1.40 bits per heavy atom. The summed E-state index contributed by atoms with van der Waals surface area (Å²) in [6, 6.07) is 5.98. The van der Waals surface area contributed by atoms with Gasteiger partial charge in [0.2, 0.25) is 5.91 Å². The van der Waals surface area contributed by atoms with E-state index in [4.69, 9.17) is 10.5 Å². The lowest BCUT2D eigenvalue weighted by Gasteiger charge is -2.28. The summed E-state index contributed by atoms with van der Waals surface area (Å²) in [7, 11) is 0. The molecular formula is C15H21FN2O2. The number of ether oxygens (including phenoxy) is 1. The predicted molar refractivity (Wildman–Crippen MR) is 74.5 cm³/mol. The van der Waals surface area contributed by atoms with E-state index in [1.165, 1.54) is 12.1 Å². The normalized spacial score (nSPS) is 23.9. The van der Waals surface area contributed by atoms with Crippen LogP contribution < -0.4 is 11.1 Å². The van der Waals surface area contributed by atoms with Gasteiger partial charge in [-0.25, -0.2) is 4.39 Å². The molecule has 0 spiro atoms. The smallest absolute Gasteiger partial charge is 0.243 e. The Balaban J connectivity index is 2.13. The van der Waals surface area contributed by atoms with Crippen molar-refractivity contribution in [2.45, 2.75) is 31.8 Å². The van der Waals surface area contributed by atoms with Crippen LogP contribution in [0.15, 0.2) is 24.3 Å². The standard InChI is InChI=1S/C15H21FN2O2/c1-10(2)13(11-3-5-12(16)6-4-11)18-14(19)15(17)7-8-20-9-15/h3-6,10,13H,7-9,17H2,1-2H3,(H,18,19). The first-order chi connectivity index (χ1) is 9.42. The molecule has 4 nitrogen and oxygen atoms in total. The Morgan fingerprint density at radius 2 is 2.05 bits per heavy atom. The SMILES string of the molecule is CC(C)C(NC(=O)C1(N)CCOC1)c1ccc(F)cc1. The second kappa shape index (κ2) is 5.89. The first-order valence-electron chi connectivity index (χ1n) is 6.85. The second-order valence-corrected chi connectivity index (χ2v) is 5.71. The first kappa shape index (κ1) is 14.9. The number of benzene rings is 1. The molecule has 0 radical (unpaired) electrons. The van der Waals surface area contributed by atoms with Crippen LogP contribution in [0, 0.1) is 11.7 Å². The number of rotatable bonds is 4. The van der Waals surface area contributed by atoms with Gasteiger partial charge in [-0.05, 0) is 30.0 Å². The highest BCUT2D eigenvalue weighted by atomic mass is 19.1. The van der Waals surface area contributed by atoms with Crippen molar-refractivity contribution < 1.29 is 13.9 Å². The maximum atomic E-state index is 13.0. The Morgan fingerprint density at radius 3 is 2.55 bits per heavy atom. The van der Waals surface area contributed by atoms with Gasteiger partial charge in [-0.3, -0.25) is 4.79 Å². The van der Waals surface area contributed by atoms with Gasteiger partial charge in [0.05, 0.1) is 12.6 Å². The predicted octanol–water partition coefficient (Wildman–Crippen LogP) is 1.76. The van der Waals surface area contributed by atoms with Crippen molar-refractivity contribution >= 4 is 5.91 Å². The van der Waals surface area contributed by atoms with Crippen LogP contribution in [0.1, 0.15) is 31.9 Å². The van der Waals surface area contributed by atoms with Crippen LogP contribution in [0.2, 0.25) is 0 Å². The van der Waals surface area contributed by atoms with E-state index in [1.54, 1.807) is 12.1 Å². The van der Waals surface area contributed by atoms with E-state index in [1.807, 2.05) is 13.8 Å². The zero-order valence-corrected chi connectivity index (χ0v) is 11.9. The molecule has 3 N–H and O–H groups in total. The molecule has 0 bridgehead atoms. The first-order valence-corrected chi connectivity index (χ1v) is 6.85. The Kier molecular flexibility index (Phi) is 4.40. The topological polar surface area (TPSA) is 64.4 Å². The van der Waals surface area contributed by atoms with Gasteiger partial charge in [0.1, 0.15) is 11.4 Å². The highest BCUT2D eigenvalue weighted by Crippen LogP contribution is 2.24. The minimum Gasteiger partial charge on any atom is -0.379 e. The Labute approximate surface area is 118 Å². The van der Waals surface area contributed by atoms with E-state index in [9.17, 15) is 9.18 Å². The lowest BCUT2D eigenvalue weighted by molar-refractivity contribution is -0.127. The van der Waals surface area contributed by atoms with Crippen molar-refractivity contribution in [1.29, 1.82) is 0 Å². The van der Waals surface area contributed by atoms with Crippen LogP contribution in [-0.4, -0.2) is 24.7 Å². The molecule has 20 heavy (non-hydrogen) atoms. The zero-order valence-electron chi connectivity index (χ0n) is 11.9. The fourth-order valence-corrected chi connectivity index (χ4v) is 2.35. The van der Waals surface area contributed by atoms with Crippen LogP contribution in [0.3, 0.4) is 0 Å². The van der Waals surface area contributed by atoms with Crippen molar-refractivity contribution in [2.24, 2.45) is 11.7 Å². The quantitative estimate of drug-likeness (QED) is 0.883. The summed E-state index contributed by atoms with van der Waals surface area (Å²) < 4.78 is 18.2. The van der Waals surface area contributed by atoms with Gasteiger partial charge in [-0.2, -0.15) is 0 Å². The molecule has 1 aliphatic heterocycles. The van der Waals surface area contributed by atoms with Crippen LogP contribution in [0.25, 0.3) is 0 Å². The van der Waals surface area contributed by atoms with Gasteiger partial charge >= 0.3 is 0 Å². The van der Waals surface area contributed by atoms with Gasteiger partial charge in [0.15, 0.2) is 0 Å². The van der Waals surface area contributed by atoms with E-state index in [0.29, 0.717) is 13.0 Å². The highest BCUT2D eigenvalue weighted by molar-refractivity contribution is 5.87. The van der Waals surface area contributed by atoms with Crippen LogP contribution in [-0.2, 0) is 9.53 Å². The summed E-state index contributed by atoms with van der Waals surface area (Å²) in [5, 5.41) is 2.97. The summed E-state index contributed by atoms with van der Waals surface area (Å²) in [6.45, 7) is 4.76. The number of halogens is 1. The summed E-state index contributed by atoms with van der Waals surface area (Å²) in [6.07, 6.45) is 0.521. The maximum Gasteiger partial charge on any atom is 0.243 e. The zero-order chi connectivity index (χ0) is 14.8. The molecule has 5 heteroatoms. The molecule has 2 rings (SSSR count). The molecular weight excluding hydrogens is 259 g/mol. The summed E-state index contributed by atoms with van der Waals surface area (Å²) >= 11 is 0. The number of nitrogens with two attached hydrogens (primary N) is 1. The van der Waals surface area contributed by atoms with Gasteiger partial charge in [-0.1, -0.05) is 26.0 Å². The lowest BCUT2D eigenvalue weighted by Crippen LogP contribution is -2.55. The molecule has 1 aromatic carbocycles. The van der Waals surface area contributed by atoms with Gasteiger partial charge in [-0.15, -0.1) is 0 Å². The summed E-state index contributed by atoms with van der Waals surface area (Å²) in [4.78, 5) is 12.3. The average Bonchev–Trinajstić information content (AvgIpc) is 2.85. The molecule has 2 unspecified atom stereocenters. The van der Waals surface area contributed by atoms with Gasteiger partial charge < -0.3 is 15.8 Å². The van der Waals surface area contributed by atoms with E-state index in [2.05, 4.69) is 5.32 Å². The van der Waals surface area contributed by atoms with Crippen molar-refractivity contribution in [1.82, 2.24) is 5.32 Å². The molecule has 2 atom stereocenters. The number of hydrogen-bond donors (Lipinski definition) is 2. The fourth-order valence-electron chi connectivity index (χ4n) is 2.35. The molecule has 1 saturated heterocycles. The molecule has 1 heterocycles. The monoisotopic (exact) mass is 280 g/mol. The summed E-state index contributed by atoms with van der Waals surface area (Å²) in [5.74, 6) is -0.324. The second-order valence-electron chi connectivity index (χ2n) is 5.71. The molecule has 1 aromatic rings. The van der Waals surface area contributed by atoms with Crippen molar-refractivity contribution in [2.75, 3.05) is 13.2 Å². The van der Waals surface area contributed by atoms with Crippen LogP contribution >= 0.6 is 0 Å². The van der Waals surface area contributed by atoms with E-state index < -0.39 is 5.54 Å². The van der Waals surface area contributed by atoms with Crippen LogP contribution in [0.4, 0.5) is 4.39 Å². The third-order valence-electron chi connectivity index (χ3n) is 3.69. The van der Waals surface area contributed by atoms with Crippen molar-refractivity contribution in [3.05, 3.63) is 35.6 Å². The number of carbonyl (C=O) groups is 1. The van der Waals surface area contributed by atoms with Crippen LogP contribution in [0.5, 0.6) is 0 Å².